The molecule has 0 unspecified atom stereocenters. The van der Waals surface area contributed by atoms with E-state index >= 15 is 0 Å². The molecule has 0 bridgehead atoms. The summed E-state index contributed by atoms with van der Waals surface area (Å²) < 4.78 is 26.5. The first kappa shape index (κ1) is 11.9. The highest BCUT2D eigenvalue weighted by atomic mass is 79.9. The van der Waals surface area contributed by atoms with Crippen LogP contribution in [0.4, 0.5) is 5.69 Å². The molecule has 3 nitrogen and oxygen atoms in total. The highest BCUT2D eigenvalue weighted by molar-refractivity contribution is 9.10. The lowest BCUT2D eigenvalue weighted by atomic mass is 10.1. The molecular formula is C11H14BrNO2S. The topological polar surface area (TPSA) is 37.4 Å². The van der Waals surface area contributed by atoms with Crippen LogP contribution >= 0.6 is 15.9 Å². The Labute approximate surface area is 105 Å². The van der Waals surface area contributed by atoms with E-state index < -0.39 is 10.0 Å². The first-order valence-electron chi connectivity index (χ1n) is 5.26. The minimum atomic E-state index is -3.16. The molecule has 0 radical (unpaired) electrons. The molecule has 0 aromatic heterocycles. The SMILES string of the molecule is CCS(=O)(=O)N1c2ccc(Br)cc2C[C@@H]1C. The van der Waals surface area contributed by atoms with Crippen LogP contribution in [0.2, 0.25) is 0 Å². The van der Waals surface area contributed by atoms with Crippen LogP contribution in [0, 0.1) is 0 Å². The van der Waals surface area contributed by atoms with Gasteiger partial charge in [0.25, 0.3) is 0 Å². The third-order valence-corrected chi connectivity index (χ3v) is 5.24. The van der Waals surface area contributed by atoms with E-state index in [1.165, 1.54) is 0 Å². The van der Waals surface area contributed by atoms with E-state index in [4.69, 9.17) is 0 Å². The van der Waals surface area contributed by atoms with E-state index in [2.05, 4.69) is 15.9 Å². The van der Waals surface area contributed by atoms with Gasteiger partial charge in [-0.3, -0.25) is 4.31 Å². The van der Waals surface area contributed by atoms with Gasteiger partial charge in [-0.2, -0.15) is 0 Å². The first-order chi connectivity index (χ1) is 7.45. The van der Waals surface area contributed by atoms with Gasteiger partial charge < -0.3 is 0 Å². The van der Waals surface area contributed by atoms with E-state index in [-0.39, 0.29) is 11.8 Å². The van der Waals surface area contributed by atoms with Crippen LogP contribution in [-0.2, 0) is 16.4 Å². The van der Waals surface area contributed by atoms with Crippen molar-refractivity contribution in [3.8, 4) is 0 Å². The largest absolute Gasteiger partial charge is 0.267 e. The van der Waals surface area contributed by atoms with Crippen molar-refractivity contribution < 1.29 is 8.42 Å². The Kier molecular flexibility index (Phi) is 3.01. The number of rotatable bonds is 2. The molecule has 0 N–H and O–H groups in total. The predicted octanol–water partition coefficient (Wildman–Crippen LogP) is 2.55. The van der Waals surface area contributed by atoms with E-state index in [9.17, 15) is 8.42 Å². The van der Waals surface area contributed by atoms with Gasteiger partial charge in [0.05, 0.1) is 11.4 Å². The standard InChI is InChI=1S/C11H14BrNO2S/c1-3-16(14,15)13-8(2)6-9-7-10(12)4-5-11(9)13/h4-5,7-8H,3,6H2,1-2H3/t8-/m0/s1. The summed E-state index contributed by atoms with van der Waals surface area (Å²) in [6, 6.07) is 5.77. The van der Waals surface area contributed by atoms with Gasteiger partial charge in [-0.1, -0.05) is 15.9 Å². The smallest absolute Gasteiger partial charge is 0.235 e. The number of sulfonamides is 1. The maximum atomic E-state index is 12.0. The highest BCUT2D eigenvalue weighted by Gasteiger charge is 2.33. The Morgan fingerprint density at radius 3 is 2.81 bits per heavy atom. The molecular weight excluding hydrogens is 290 g/mol. The number of hydrogen-bond acceptors (Lipinski definition) is 2. The molecule has 1 aliphatic rings. The fourth-order valence-electron chi connectivity index (χ4n) is 2.13. The Balaban J connectivity index is 2.53. The minimum absolute atomic E-state index is 0.0225. The number of benzene rings is 1. The van der Waals surface area contributed by atoms with Crippen LogP contribution in [0.25, 0.3) is 0 Å². The molecule has 1 aromatic rings. The van der Waals surface area contributed by atoms with Crippen molar-refractivity contribution in [2.24, 2.45) is 0 Å². The van der Waals surface area contributed by atoms with E-state index in [0.717, 1.165) is 22.1 Å². The average molecular weight is 304 g/mol. The van der Waals surface area contributed by atoms with Gasteiger partial charge in [-0.05, 0) is 44.0 Å². The van der Waals surface area contributed by atoms with Crippen molar-refractivity contribution in [2.75, 3.05) is 10.1 Å². The van der Waals surface area contributed by atoms with Crippen LogP contribution in [0.3, 0.4) is 0 Å². The molecule has 0 saturated heterocycles. The van der Waals surface area contributed by atoms with Crippen LogP contribution in [-0.4, -0.2) is 20.2 Å². The summed E-state index contributed by atoms with van der Waals surface area (Å²) in [4.78, 5) is 0. The van der Waals surface area contributed by atoms with Gasteiger partial charge >= 0.3 is 0 Å². The lowest BCUT2D eigenvalue weighted by Gasteiger charge is -2.23. The summed E-state index contributed by atoms with van der Waals surface area (Å²) in [7, 11) is -3.16. The Morgan fingerprint density at radius 1 is 1.50 bits per heavy atom. The summed E-state index contributed by atoms with van der Waals surface area (Å²) >= 11 is 3.40. The van der Waals surface area contributed by atoms with Crippen molar-refractivity contribution in [2.45, 2.75) is 26.3 Å². The van der Waals surface area contributed by atoms with Crippen molar-refractivity contribution in [1.29, 1.82) is 0 Å². The maximum absolute atomic E-state index is 12.0. The van der Waals surface area contributed by atoms with Gasteiger partial charge in [-0.25, -0.2) is 8.42 Å². The maximum Gasteiger partial charge on any atom is 0.235 e. The molecule has 2 rings (SSSR count). The van der Waals surface area contributed by atoms with Crippen molar-refractivity contribution >= 4 is 31.6 Å². The summed E-state index contributed by atoms with van der Waals surface area (Å²) in [6.45, 7) is 3.63. The summed E-state index contributed by atoms with van der Waals surface area (Å²) in [5, 5.41) is 0. The number of anilines is 1. The zero-order valence-corrected chi connectivity index (χ0v) is 11.7. The van der Waals surface area contributed by atoms with Gasteiger partial charge in [-0.15, -0.1) is 0 Å². The molecule has 16 heavy (non-hydrogen) atoms. The molecule has 1 aliphatic heterocycles. The number of nitrogens with zero attached hydrogens (tertiary/aromatic N) is 1. The van der Waals surface area contributed by atoms with Crippen LogP contribution in [0.1, 0.15) is 19.4 Å². The fourth-order valence-corrected chi connectivity index (χ4v) is 3.92. The Bertz CT molecular complexity index is 513. The second kappa shape index (κ2) is 4.04. The molecule has 0 spiro atoms. The number of hydrogen-bond donors (Lipinski definition) is 0. The third kappa shape index (κ3) is 1.86. The molecule has 1 atom stereocenters. The predicted molar refractivity (Wildman–Crippen MR) is 69.2 cm³/mol. The second-order valence-corrected chi connectivity index (χ2v) is 7.07. The van der Waals surface area contributed by atoms with Crippen LogP contribution < -0.4 is 4.31 Å². The molecule has 88 valence electrons. The molecule has 1 heterocycles. The molecule has 5 heteroatoms. The van der Waals surface area contributed by atoms with Gasteiger partial charge in [0.15, 0.2) is 0 Å². The zero-order valence-electron chi connectivity index (χ0n) is 9.27. The Morgan fingerprint density at radius 2 is 2.19 bits per heavy atom. The van der Waals surface area contributed by atoms with Gasteiger partial charge in [0.1, 0.15) is 0 Å². The van der Waals surface area contributed by atoms with Gasteiger partial charge in [0, 0.05) is 10.5 Å². The summed E-state index contributed by atoms with van der Waals surface area (Å²) in [5.74, 6) is 0.146. The summed E-state index contributed by atoms with van der Waals surface area (Å²) in [6.07, 6.45) is 0.786. The van der Waals surface area contributed by atoms with E-state index in [1.807, 2.05) is 25.1 Å². The molecule has 0 fully saturated rings. The number of halogens is 1. The lowest BCUT2D eigenvalue weighted by Crippen LogP contribution is -2.36. The number of fused-ring (bicyclic) bond motifs is 1. The molecule has 0 saturated carbocycles. The molecule has 1 aromatic carbocycles. The highest BCUT2D eigenvalue weighted by Crippen LogP contribution is 2.36. The molecule has 0 aliphatic carbocycles. The minimum Gasteiger partial charge on any atom is -0.267 e. The van der Waals surface area contributed by atoms with E-state index in [0.29, 0.717) is 0 Å². The zero-order chi connectivity index (χ0) is 11.9. The van der Waals surface area contributed by atoms with Crippen LogP contribution in [0.5, 0.6) is 0 Å². The van der Waals surface area contributed by atoms with Crippen molar-refractivity contribution in [3.63, 3.8) is 0 Å². The first-order valence-corrected chi connectivity index (χ1v) is 7.66. The van der Waals surface area contributed by atoms with Crippen molar-refractivity contribution in [3.05, 3.63) is 28.2 Å². The monoisotopic (exact) mass is 303 g/mol. The van der Waals surface area contributed by atoms with Crippen LogP contribution in [0.15, 0.2) is 22.7 Å². The van der Waals surface area contributed by atoms with E-state index in [1.54, 1.807) is 11.2 Å². The quantitative estimate of drug-likeness (QED) is 0.842. The normalized spacial score (nSPS) is 19.9. The molecule has 0 amide bonds. The average Bonchev–Trinajstić information content (AvgIpc) is 2.53. The second-order valence-electron chi connectivity index (χ2n) is 4.02. The van der Waals surface area contributed by atoms with Crippen molar-refractivity contribution in [1.82, 2.24) is 0 Å². The third-order valence-electron chi connectivity index (χ3n) is 2.86. The Hall–Kier alpha value is -0.550. The summed E-state index contributed by atoms with van der Waals surface area (Å²) in [5.41, 5.74) is 1.93. The van der Waals surface area contributed by atoms with Gasteiger partial charge in [0.2, 0.25) is 10.0 Å². The lowest BCUT2D eigenvalue weighted by molar-refractivity contribution is 0.585. The fraction of sp³-hybridized carbons (Fsp3) is 0.455.